The van der Waals surface area contributed by atoms with E-state index >= 15 is 0 Å². The van der Waals surface area contributed by atoms with Gasteiger partial charge in [0.05, 0.1) is 16.4 Å². The number of guanidine groups is 2. The van der Waals surface area contributed by atoms with Gasteiger partial charge in [0.25, 0.3) is 5.69 Å². The molecule has 0 bridgehead atoms. The first-order chi connectivity index (χ1) is 27.5. The Labute approximate surface area is 348 Å². The number of ether oxygens (including phenoxy) is 2. The van der Waals surface area contributed by atoms with Gasteiger partial charge in [0.2, 0.25) is 32.0 Å². The van der Waals surface area contributed by atoms with Gasteiger partial charge in [0, 0.05) is 42.0 Å². The van der Waals surface area contributed by atoms with Crippen molar-refractivity contribution in [1.29, 1.82) is 0 Å². The number of amides is 2. The number of benzene rings is 2. The number of hydrogen-bond acceptors (Lipinski definition) is 13. The van der Waals surface area contributed by atoms with E-state index < -0.39 is 88.3 Å². The van der Waals surface area contributed by atoms with Gasteiger partial charge < -0.3 is 15.2 Å². The molecule has 22 heteroatoms. The maximum atomic E-state index is 14.6. The molecule has 0 spiro atoms. The first kappa shape index (κ1) is 46.0. The summed E-state index contributed by atoms with van der Waals surface area (Å²) in [5, 5.41) is 16.0. The van der Waals surface area contributed by atoms with Crippen molar-refractivity contribution >= 4 is 55.5 Å². The summed E-state index contributed by atoms with van der Waals surface area (Å²) < 4.78 is 94.2. The van der Waals surface area contributed by atoms with Crippen molar-refractivity contribution in [1.82, 2.24) is 19.2 Å². The minimum absolute atomic E-state index is 0.0515. The van der Waals surface area contributed by atoms with Crippen LogP contribution in [0.1, 0.15) is 92.2 Å². The lowest BCUT2D eigenvalue weighted by Gasteiger charge is -2.37. The van der Waals surface area contributed by atoms with Gasteiger partial charge >= 0.3 is 12.2 Å². The summed E-state index contributed by atoms with van der Waals surface area (Å²) in [5.41, 5.74) is 0.713. The number of nitrogens with two attached hydrogens (primary N) is 1. The van der Waals surface area contributed by atoms with Crippen LogP contribution in [0.5, 0.6) is 0 Å². The molecule has 2 aromatic carbocycles. The van der Waals surface area contributed by atoms with Gasteiger partial charge in [0.15, 0.2) is 0 Å². The molecule has 6 rings (SSSR count). The standard InChI is InChI=1S/C19H25FN4O6S.C19H27FN4O4S/c1-18(2,3)30-17(25)21-16-22-19(4,11-31(28,29)23(16)10-12-5-6-12)14-9-13(24(26)27)7-8-15(14)20;1-18(2,3)28-17(25)22-16-23-19(4,14-9-13(21)7-8-15(14)20)11-29(26,27)24(16)10-12-5-6-12/h7-9,12H,5-6,10-11H2,1-4H3,(H,21,22,25);7-9,12H,5-6,10-11,21H2,1-4H3,(H,22,23,25)/t2*19-/m00/s1. The quantitative estimate of drug-likeness (QED) is 0.179. The fourth-order valence-electron chi connectivity index (χ4n) is 6.48. The maximum Gasteiger partial charge on any atom is 0.414 e. The summed E-state index contributed by atoms with van der Waals surface area (Å²) in [6.45, 7) is 13.2. The molecule has 2 saturated carbocycles. The van der Waals surface area contributed by atoms with E-state index in [2.05, 4.69) is 20.6 Å². The SMILES string of the molecule is CC(C)(C)OC(=O)NC1=N[C@](C)(c2cc(N)ccc2F)CS(=O)(=O)N1CC1CC1.CC(C)(C)OC(=O)NC1=N[C@](C)(c2cc([N+](=O)[O-])ccc2F)CS(=O)(=O)N1CC1CC1. The van der Waals surface area contributed by atoms with Crippen molar-refractivity contribution in [3.05, 3.63) is 69.3 Å². The lowest BCUT2D eigenvalue weighted by Crippen LogP contribution is -2.56. The smallest absolute Gasteiger partial charge is 0.414 e. The van der Waals surface area contributed by atoms with E-state index in [-0.39, 0.29) is 53.7 Å². The van der Waals surface area contributed by atoms with Gasteiger partial charge in [-0.15, -0.1) is 0 Å². The van der Waals surface area contributed by atoms with Gasteiger partial charge in [-0.2, -0.15) is 0 Å². The van der Waals surface area contributed by atoms with Crippen LogP contribution in [0.15, 0.2) is 46.4 Å². The number of halogens is 2. The van der Waals surface area contributed by atoms with Crippen LogP contribution in [-0.2, 0) is 40.6 Å². The molecule has 2 heterocycles. The molecule has 2 aliphatic carbocycles. The van der Waals surface area contributed by atoms with E-state index in [9.17, 15) is 45.3 Å². The summed E-state index contributed by atoms with van der Waals surface area (Å²) in [6.07, 6.45) is 1.78. The zero-order valence-corrected chi connectivity index (χ0v) is 36.4. The molecule has 0 unspecified atom stereocenters. The number of nitro groups is 1. The molecule has 2 aromatic rings. The second-order valence-electron chi connectivity index (χ2n) is 17.8. The van der Waals surface area contributed by atoms with Gasteiger partial charge in [-0.1, -0.05) is 0 Å². The number of nitrogens with zero attached hydrogens (tertiary/aromatic N) is 5. The van der Waals surface area contributed by atoms with Crippen molar-refractivity contribution in [2.45, 2.75) is 103 Å². The number of rotatable bonds is 7. The Morgan fingerprint density at radius 2 is 1.17 bits per heavy atom. The fourth-order valence-corrected chi connectivity index (χ4v) is 10.2. The van der Waals surface area contributed by atoms with E-state index in [0.717, 1.165) is 52.5 Å². The number of sulfonamides is 2. The van der Waals surface area contributed by atoms with Crippen molar-refractivity contribution in [2.75, 3.05) is 30.3 Å². The number of non-ortho nitro benzene ring substituents is 1. The van der Waals surface area contributed by atoms with Crippen LogP contribution >= 0.6 is 0 Å². The first-order valence-electron chi connectivity index (χ1n) is 19.2. The molecule has 4 N–H and O–H groups in total. The third-order valence-electron chi connectivity index (χ3n) is 9.56. The van der Waals surface area contributed by atoms with Gasteiger partial charge in [-0.05, 0) is 117 Å². The first-order valence-corrected chi connectivity index (χ1v) is 22.4. The summed E-state index contributed by atoms with van der Waals surface area (Å²) in [4.78, 5) is 43.9. The number of carbonyl (C=O) groups is 2. The fraction of sp³-hybridized carbons (Fsp3) is 0.579. The number of hydrogen-bond donors (Lipinski definition) is 3. The molecule has 0 aromatic heterocycles. The molecule has 18 nitrogen and oxygen atoms in total. The largest absolute Gasteiger partial charge is 0.444 e. The Bertz CT molecular complexity index is 2320. The Kier molecular flexibility index (Phi) is 12.6. The maximum absolute atomic E-state index is 14.6. The Morgan fingerprint density at radius 1 is 0.783 bits per heavy atom. The van der Waals surface area contributed by atoms with Crippen LogP contribution < -0.4 is 16.4 Å². The molecule has 2 aliphatic heterocycles. The molecule has 60 heavy (non-hydrogen) atoms. The third kappa shape index (κ3) is 11.6. The Balaban J connectivity index is 0.000000228. The van der Waals surface area contributed by atoms with E-state index in [0.29, 0.717) is 0 Å². The van der Waals surface area contributed by atoms with E-state index in [1.54, 1.807) is 41.5 Å². The lowest BCUT2D eigenvalue weighted by molar-refractivity contribution is -0.385. The van der Waals surface area contributed by atoms with Crippen molar-refractivity contribution in [2.24, 2.45) is 21.8 Å². The van der Waals surface area contributed by atoms with Crippen LogP contribution in [0, 0.1) is 33.6 Å². The monoisotopic (exact) mass is 882 g/mol. The topological polar surface area (TPSA) is 245 Å². The predicted octanol–water partition coefficient (Wildman–Crippen LogP) is 5.44. The lowest BCUT2D eigenvalue weighted by atomic mass is 9.93. The highest BCUT2D eigenvalue weighted by Crippen LogP contribution is 2.40. The van der Waals surface area contributed by atoms with E-state index in [4.69, 9.17) is 15.2 Å². The summed E-state index contributed by atoms with van der Waals surface area (Å²) >= 11 is 0. The van der Waals surface area contributed by atoms with Crippen LogP contribution in [-0.4, -0.2) is 90.3 Å². The zero-order valence-electron chi connectivity index (χ0n) is 34.7. The minimum Gasteiger partial charge on any atom is -0.444 e. The van der Waals surface area contributed by atoms with Crippen LogP contribution in [0.2, 0.25) is 0 Å². The second kappa shape index (κ2) is 16.4. The molecular formula is C38H52F2N8O10S2. The van der Waals surface area contributed by atoms with Gasteiger partial charge in [0.1, 0.15) is 33.9 Å². The molecule has 0 radical (unpaired) electrons. The van der Waals surface area contributed by atoms with E-state index in [1.807, 2.05) is 0 Å². The summed E-state index contributed by atoms with van der Waals surface area (Å²) in [6, 6.07) is 6.80. The number of aliphatic imine (C=N–C) groups is 2. The van der Waals surface area contributed by atoms with Crippen LogP contribution in [0.3, 0.4) is 0 Å². The highest BCUT2D eigenvalue weighted by Gasteiger charge is 2.48. The second-order valence-corrected chi connectivity index (χ2v) is 21.6. The Hall–Kier alpha value is -5.12. The number of alkyl carbamates (subject to hydrolysis) is 2. The minimum atomic E-state index is -4.03. The normalized spacial score (nSPS) is 23.6. The molecule has 4 aliphatic rings. The Morgan fingerprint density at radius 3 is 1.53 bits per heavy atom. The molecule has 330 valence electrons. The average Bonchev–Trinajstić information content (AvgIpc) is 4.00. The third-order valence-corrected chi connectivity index (χ3v) is 13.4. The highest BCUT2D eigenvalue weighted by atomic mass is 32.2. The summed E-state index contributed by atoms with van der Waals surface area (Å²) in [7, 11) is -7.90. The zero-order chi connectivity index (χ0) is 44.8. The van der Waals surface area contributed by atoms with Crippen molar-refractivity contribution in [3.8, 4) is 0 Å². The predicted molar refractivity (Wildman–Crippen MR) is 219 cm³/mol. The highest BCUT2D eigenvalue weighted by molar-refractivity contribution is 7.90. The number of carbonyl (C=O) groups excluding carboxylic acids is 2. The molecule has 2 fully saturated rings. The molecule has 2 atom stereocenters. The number of nitrogen functional groups attached to an aromatic ring is 1. The van der Waals surface area contributed by atoms with Crippen LogP contribution in [0.25, 0.3) is 0 Å². The summed E-state index contributed by atoms with van der Waals surface area (Å²) in [5.74, 6) is -2.60. The molecular weight excluding hydrogens is 831 g/mol. The number of nitro benzene ring substituents is 1. The number of anilines is 1. The van der Waals surface area contributed by atoms with Crippen LogP contribution in [0.4, 0.5) is 29.7 Å². The average molecular weight is 883 g/mol. The van der Waals surface area contributed by atoms with Gasteiger partial charge in [-0.25, -0.2) is 53.8 Å². The van der Waals surface area contributed by atoms with Gasteiger partial charge in [-0.3, -0.25) is 20.7 Å². The van der Waals surface area contributed by atoms with Crippen molar-refractivity contribution < 1.29 is 49.6 Å². The van der Waals surface area contributed by atoms with Crippen molar-refractivity contribution in [3.63, 3.8) is 0 Å². The number of nitrogens with one attached hydrogen (secondary N) is 2. The molecule has 2 amide bonds. The van der Waals surface area contributed by atoms with E-state index in [1.165, 1.54) is 32.0 Å². The molecule has 0 saturated heterocycles.